The molecule has 4 N–H and O–H groups in total. The lowest BCUT2D eigenvalue weighted by Crippen LogP contribution is -2.25. The molecule has 0 aliphatic carbocycles. The Hall–Kier alpha value is -1.55. The Labute approximate surface area is 115 Å². The second-order valence-electron chi connectivity index (χ2n) is 4.96. The molecule has 0 spiro atoms. The topological polar surface area (TPSA) is 70.6 Å². The summed E-state index contributed by atoms with van der Waals surface area (Å²) in [6.07, 6.45) is 5.03. The summed E-state index contributed by atoms with van der Waals surface area (Å²) in [7, 11) is 0. The van der Waals surface area contributed by atoms with Gasteiger partial charge in [0.2, 0.25) is 0 Å². The number of nitrogens with two attached hydrogens (primary N) is 1. The third-order valence-corrected chi connectivity index (χ3v) is 3.23. The van der Waals surface area contributed by atoms with Gasteiger partial charge in [0.05, 0.1) is 0 Å². The van der Waals surface area contributed by atoms with Crippen LogP contribution in [0.25, 0.3) is 0 Å². The van der Waals surface area contributed by atoms with E-state index in [0.717, 1.165) is 17.7 Å². The molecule has 0 radical (unpaired) electrons. The summed E-state index contributed by atoms with van der Waals surface area (Å²) in [5.74, 6) is 0.151. The standard InChI is InChI=1S/C15H25N3O/c1-3-4-5-7-12(2)17-11-13-8-6-9-14(10-13)15(16)18-19/h6,8-10,12,17,19H,3-5,7,11H2,1-2H3,(H2,16,18). The molecule has 1 aromatic carbocycles. The van der Waals surface area contributed by atoms with Crippen molar-refractivity contribution in [3.05, 3.63) is 35.4 Å². The van der Waals surface area contributed by atoms with Crippen LogP contribution in [-0.2, 0) is 6.54 Å². The Kier molecular flexibility index (Phi) is 6.97. The highest BCUT2D eigenvalue weighted by atomic mass is 16.4. The van der Waals surface area contributed by atoms with Gasteiger partial charge in [0.1, 0.15) is 0 Å². The minimum absolute atomic E-state index is 0.151. The molecule has 0 amide bonds. The third kappa shape index (κ3) is 5.75. The van der Waals surface area contributed by atoms with Crippen LogP contribution in [0.15, 0.2) is 29.4 Å². The quantitative estimate of drug-likeness (QED) is 0.222. The first-order valence-electron chi connectivity index (χ1n) is 6.97. The van der Waals surface area contributed by atoms with E-state index in [0.29, 0.717) is 6.04 Å². The highest BCUT2D eigenvalue weighted by molar-refractivity contribution is 5.97. The van der Waals surface area contributed by atoms with Crippen LogP contribution >= 0.6 is 0 Å². The van der Waals surface area contributed by atoms with E-state index in [4.69, 9.17) is 10.9 Å². The van der Waals surface area contributed by atoms with E-state index in [1.807, 2.05) is 24.3 Å². The van der Waals surface area contributed by atoms with E-state index in [1.54, 1.807) is 0 Å². The zero-order chi connectivity index (χ0) is 14.1. The number of amidine groups is 1. The first kappa shape index (κ1) is 15.5. The molecule has 0 heterocycles. The van der Waals surface area contributed by atoms with Gasteiger partial charge < -0.3 is 16.3 Å². The van der Waals surface area contributed by atoms with Gasteiger partial charge in [-0.15, -0.1) is 0 Å². The second kappa shape index (κ2) is 8.53. The smallest absolute Gasteiger partial charge is 0.170 e. The van der Waals surface area contributed by atoms with Crippen molar-refractivity contribution in [2.75, 3.05) is 0 Å². The molecule has 1 aromatic rings. The third-order valence-electron chi connectivity index (χ3n) is 3.23. The van der Waals surface area contributed by atoms with Gasteiger partial charge in [-0.25, -0.2) is 0 Å². The first-order chi connectivity index (χ1) is 9.17. The highest BCUT2D eigenvalue weighted by Gasteiger charge is 2.03. The van der Waals surface area contributed by atoms with Gasteiger partial charge in [0.25, 0.3) is 0 Å². The number of nitrogens with one attached hydrogen (secondary N) is 1. The molecule has 4 nitrogen and oxygen atoms in total. The number of oxime groups is 1. The summed E-state index contributed by atoms with van der Waals surface area (Å²) in [6, 6.07) is 8.26. The minimum Gasteiger partial charge on any atom is -0.409 e. The fraction of sp³-hybridized carbons (Fsp3) is 0.533. The fourth-order valence-electron chi connectivity index (χ4n) is 1.99. The van der Waals surface area contributed by atoms with E-state index in [2.05, 4.69) is 24.3 Å². The molecule has 106 valence electrons. The minimum atomic E-state index is 0.151. The Morgan fingerprint density at radius 3 is 2.89 bits per heavy atom. The molecule has 1 atom stereocenters. The summed E-state index contributed by atoms with van der Waals surface area (Å²) in [5, 5.41) is 15.2. The lowest BCUT2D eigenvalue weighted by atomic mass is 10.1. The maximum Gasteiger partial charge on any atom is 0.170 e. The van der Waals surface area contributed by atoms with Crippen LogP contribution in [0.4, 0.5) is 0 Å². The highest BCUT2D eigenvalue weighted by Crippen LogP contribution is 2.07. The molecule has 0 aromatic heterocycles. The van der Waals surface area contributed by atoms with E-state index >= 15 is 0 Å². The molecule has 1 rings (SSSR count). The van der Waals surface area contributed by atoms with Crippen LogP contribution in [0.1, 0.15) is 50.7 Å². The number of nitrogens with zero attached hydrogens (tertiary/aromatic N) is 1. The van der Waals surface area contributed by atoms with Crippen molar-refractivity contribution in [2.24, 2.45) is 10.9 Å². The molecular weight excluding hydrogens is 238 g/mol. The van der Waals surface area contributed by atoms with E-state index < -0.39 is 0 Å². The fourth-order valence-corrected chi connectivity index (χ4v) is 1.99. The van der Waals surface area contributed by atoms with Crippen molar-refractivity contribution < 1.29 is 5.21 Å². The monoisotopic (exact) mass is 263 g/mol. The second-order valence-corrected chi connectivity index (χ2v) is 4.96. The molecular formula is C15H25N3O. The normalized spacial score (nSPS) is 13.5. The van der Waals surface area contributed by atoms with Crippen LogP contribution in [0.5, 0.6) is 0 Å². The molecule has 0 bridgehead atoms. The van der Waals surface area contributed by atoms with Crippen LogP contribution in [0, 0.1) is 0 Å². The van der Waals surface area contributed by atoms with Crippen LogP contribution in [-0.4, -0.2) is 17.1 Å². The molecule has 0 saturated heterocycles. The number of hydrogen-bond donors (Lipinski definition) is 3. The van der Waals surface area contributed by atoms with E-state index in [-0.39, 0.29) is 5.84 Å². The van der Waals surface area contributed by atoms with Crippen LogP contribution in [0.3, 0.4) is 0 Å². The summed E-state index contributed by atoms with van der Waals surface area (Å²) in [6.45, 7) is 5.24. The maximum absolute atomic E-state index is 8.67. The van der Waals surface area contributed by atoms with Gasteiger partial charge in [-0.3, -0.25) is 0 Å². The van der Waals surface area contributed by atoms with Gasteiger partial charge in [-0.2, -0.15) is 0 Å². The Morgan fingerprint density at radius 1 is 1.42 bits per heavy atom. The number of benzene rings is 1. The lowest BCUT2D eigenvalue weighted by molar-refractivity contribution is 0.318. The van der Waals surface area contributed by atoms with Crippen LogP contribution in [0.2, 0.25) is 0 Å². The van der Waals surface area contributed by atoms with E-state index in [1.165, 1.54) is 25.7 Å². The number of rotatable bonds is 8. The van der Waals surface area contributed by atoms with Crippen molar-refractivity contribution in [1.29, 1.82) is 0 Å². The lowest BCUT2D eigenvalue weighted by Gasteiger charge is -2.14. The van der Waals surface area contributed by atoms with Crippen molar-refractivity contribution in [1.82, 2.24) is 5.32 Å². The van der Waals surface area contributed by atoms with E-state index in [9.17, 15) is 0 Å². The van der Waals surface area contributed by atoms with Gasteiger partial charge in [-0.05, 0) is 25.0 Å². The largest absolute Gasteiger partial charge is 0.409 e. The van der Waals surface area contributed by atoms with Gasteiger partial charge in [-0.1, -0.05) is 49.5 Å². The molecule has 19 heavy (non-hydrogen) atoms. The van der Waals surface area contributed by atoms with Crippen molar-refractivity contribution in [3.8, 4) is 0 Å². The summed E-state index contributed by atoms with van der Waals surface area (Å²) < 4.78 is 0. The average molecular weight is 263 g/mol. The van der Waals surface area contributed by atoms with Gasteiger partial charge in [0, 0.05) is 18.2 Å². The number of hydrogen-bond acceptors (Lipinski definition) is 3. The Balaban J connectivity index is 2.45. The van der Waals surface area contributed by atoms with Crippen LogP contribution < -0.4 is 11.1 Å². The van der Waals surface area contributed by atoms with Gasteiger partial charge >= 0.3 is 0 Å². The predicted octanol–water partition coefficient (Wildman–Crippen LogP) is 2.84. The Morgan fingerprint density at radius 2 is 2.21 bits per heavy atom. The molecule has 4 heteroatoms. The first-order valence-corrected chi connectivity index (χ1v) is 6.97. The van der Waals surface area contributed by atoms with Crippen molar-refractivity contribution >= 4 is 5.84 Å². The molecule has 0 saturated carbocycles. The molecule has 0 aliphatic rings. The maximum atomic E-state index is 8.67. The van der Waals surface area contributed by atoms with Crippen molar-refractivity contribution in [3.63, 3.8) is 0 Å². The molecule has 1 unspecified atom stereocenters. The SMILES string of the molecule is CCCCCC(C)NCc1cccc(C(N)=NO)c1. The number of unbranched alkanes of at least 4 members (excludes halogenated alkanes) is 2. The summed E-state index contributed by atoms with van der Waals surface area (Å²) in [5.41, 5.74) is 7.47. The Bertz CT molecular complexity index is 404. The van der Waals surface area contributed by atoms with Crippen molar-refractivity contribution in [2.45, 2.75) is 52.1 Å². The molecule has 0 fully saturated rings. The molecule has 0 aliphatic heterocycles. The summed E-state index contributed by atoms with van der Waals surface area (Å²) >= 11 is 0. The average Bonchev–Trinajstić information content (AvgIpc) is 2.45. The summed E-state index contributed by atoms with van der Waals surface area (Å²) in [4.78, 5) is 0. The zero-order valence-corrected chi connectivity index (χ0v) is 11.9. The zero-order valence-electron chi connectivity index (χ0n) is 11.9. The predicted molar refractivity (Wildman–Crippen MR) is 79.4 cm³/mol. The van der Waals surface area contributed by atoms with Gasteiger partial charge in [0.15, 0.2) is 5.84 Å².